The van der Waals surface area contributed by atoms with Crippen LogP contribution in [0.2, 0.25) is 0 Å². The quantitative estimate of drug-likeness (QED) is 0.463. The average molecular weight is 206 g/mol. The van der Waals surface area contributed by atoms with Crippen LogP contribution < -0.4 is 10.9 Å². The first-order chi connectivity index (χ1) is 5.38. The lowest BCUT2D eigenvalue weighted by molar-refractivity contribution is -0.129. The van der Waals surface area contributed by atoms with Gasteiger partial charge in [0.15, 0.2) is 4.32 Å². The molecular weight excluding hydrogens is 192 g/mol. The number of thiocarbonyl (C=S) groups is 1. The normalized spacial score (nSPS) is 10.7. The van der Waals surface area contributed by atoms with Crippen LogP contribution in [0.5, 0.6) is 0 Å². The van der Waals surface area contributed by atoms with Crippen LogP contribution >= 0.6 is 24.0 Å². The number of nitrogens with one attached hydrogen (secondary N) is 2. The maximum atomic E-state index is 11.2. The Morgan fingerprint density at radius 3 is 2.17 bits per heavy atom. The van der Waals surface area contributed by atoms with Crippen molar-refractivity contribution in [1.82, 2.24) is 10.9 Å². The van der Waals surface area contributed by atoms with E-state index in [0.717, 1.165) is 0 Å². The van der Waals surface area contributed by atoms with Crippen molar-refractivity contribution in [2.24, 2.45) is 5.41 Å². The molecule has 0 saturated carbocycles. The second kappa shape index (κ2) is 4.67. The molecule has 0 unspecified atom stereocenters. The Morgan fingerprint density at radius 1 is 1.33 bits per heavy atom. The van der Waals surface area contributed by atoms with Gasteiger partial charge < -0.3 is 0 Å². The molecule has 0 spiro atoms. The van der Waals surface area contributed by atoms with Crippen molar-refractivity contribution in [3.63, 3.8) is 0 Å². The highest BCUT2D eigenvalue weighted by atomic mass is 32.2. The Labute approximate surface area is 82.6 Å². The lowest BCUT2D eigenvalue weighted by Crippen LogP contribution is -2.45. The Kier molecular flexibility index (Phi) is 4.55. The van der Waals surface area contributed by atoms with Crippen molar-refractivity contribution in [1.29, 1.82) is 0 Å². The van der Waals surface area contributed by atoms with Crippen LogP contribution in [0.15, 0.2) is 0 Å². The molecule has 0 fully saturated rings. The molecule has 70 valence electrons. The van der Waals surface area contributed by atoms with Gasteiger partial charge in [0.05, 0.1) is 0 Å². The van der Waals surface area contributed by atoms with Crippen LogP contribution in [0.25, 0.3) is 0 Å². The Balaban J connectivity index is 3.81. The van der Waals surface area contributed by atoms with E-state index in [-0.39, 0.29) is 11.3 Å². The molecule has 0 bridgehead atoms. The summed E-state index contributed by atoms with van der Waals surface area (Å²) < 4.78 is 0.563. The zero-order chi connectivity index (χ0) is 9.78. The van der Waals surface area contributed by atoms with E-state index in [4.69, 9.17) is 12.2 Å². The fraction of sp³-hybridized carbons (Fsp3) is 0.714. The van der Waals surface area contributed by atoms with Gasteiger partial charge in [-0.2, -0.15) is 0 Å². The maximum absolute atomic E-state index is 11.2. The van der Waals surface area contributed by atoms with Crippen LogP contribution in [-0.4, -0.2) is 16.5 Å². The summed E-state index contributed by atoms with van der Waals surface area (Å²) in [7, 11) is 0. The molecule has 0 aromatic heterocycles. The van der Waals surface area contributed by atoms with Gasteiger partial charge in [-0.15, -0.1) is 0 Å². The summed E-state index contributed by atoms with van der Waals surface area (Å²) in [5.41, 5.74) is 4.77. The lowest BCUT2D eigenvalue weighted by Gasteiger charge is -2.18. The second-order valence-corrected chi connectivity index (χ2v) is 4.80. The third-order valence-corrected chi connectivity index (χ3v) is 2.22. The van der Waals surface area contributed by atoms with E-state index in [1.165, 1.54) is 11.8 Å². The molecule has 1 amide bonds. The van der Waals surface area contributed by atoms with E-state index in [0.29, 0.717) is 4.32 Å². The molecule has 0 aromatic carbocycles. The highest BCUT2D eigenvalue weighted by molar-refractivity contribution is 8.22. The number of hydrogen-bond donors (Lipinski definition) is 2. The summed E-state index contributed by atoms with van der Waals surface area (Å²) in [6, 6.07) is 0. The summed E-state index contributed by atoms with van der Waals surface area (Å²) in [5, 5.41) is 0. The number of hydrazine groups is 1. The molecule has 0 rings (SSSR count). The monoisotopic (exact) mass is 206 g/mol. The fourth-order valence-electron chi connectivity index (χ4n) is 0.346. The van der Waals surface area contributed by atoms with Gasteiger partial charge in [0.1, 0.15) is 0 Å². The maximum Gasteiger partial charge on any atom is 0.243 e. The molecule has 0 atom stereocenters. The number of carbonyl (C=O) groups excluding carboxylic acids is 1. The summed E-state index contributed by atoms with van der Waals surface area (Å²) in [5.74, 6) is -0.0705. The lowest BCUT2D eigenvalue weighted by atomic mass is 9.96. The highest BCUT2D eigenvalue weighted by Crippen LogP contribution is 2.11. The SMILES string of the molecule is CSC(=S)NNC(=O)C(C)(C)C. The zero-order valence-corrected chi connectivity index (χ0v) is 9.36. The molecule has 0 aromatic rings. The number of carbonyl (C=O) groups is 1. The smallest absolute Gasteiger partial charge is 0.243 e. The molecule has 0 heterocycles. The van der Waals surface area contributed by atoms with Crippen LogP contribution in [0.3, 0.4) is 0 Å². The summed E-state index contributed by atoms with van der Waals surface area (Å²) in [6.07, 6.45) is 1.85. The topological polar surface area (TPSA) is 41.1 Å². The fourth-order valence-corrected chi connectivity index (χ4v) is 0.550. The number of hydrogen-bond acceptors (Lipinski definition) is 3. The van der Waals surface area contributed by atoms with E-state index in [1.807, 2.05) is 27.0 Å². The number of rotatable bonds is 0. The predicted octanol–water partition coefficient (Wildman–Crippen LogP) is 1.30. The summed E-state index contributed by atoms with van der Waals surface area (Å²) >= 11 is 6.22. The van der Waals surface area contributed by atoms with Gasteiger partial charge in [0.25, 0.3) is 0 Å². The van der Waals surface area contributed by atoms with E-state index < -0.39 is 0 Å². The Bertz CT molecular complexity index is 186. The van der Waals surface area contributed by atoms with E-state index in [2.05, 4.69) is 10.9 Å². The minimum Gasteiger partial charge on any atom is -0.283 e. The van der Waals surface area contributed by atoms with Gasteiger partial charge in [-0.1, -0.05) is 44.8 Å². The number of amides is 1. The first-order valence-corrected chi connectivity index (χ1v) is 5.15. The van der Waals surface area contributed by atoms with Crippen LogP contribution in [0, 0.1) is 5.41 Å². The second-order valence-electron chi connectivity index (χ2n) is 3.32. The molecule has 0 saturated heterocycles. The molecular formula is C7H14N2OS2. The van der Waals surface area contributed by atoms with Crippen molar-refractivity contribution < 1.29 is 4.79 Å². The Morgan fingerprint density at radius 2 is 1.83 bits per heavy atom. The summed E-state index contributed by atoms with van der Waals surface area (Å²) in [4.78, 5) is 11.2. The minimum atomic E-state index is -0.388. The van der Waals surface area contributed by atoms with Gasteiger partial charge in [0.2, 0.25) is 5.91 Å². The third kappa shape index (κ3) is 4.56. The Hall–Kier alpha value is -0.290. The van der Waals surface area contributed by atoms with E-state index >= 15 is 0 Å². The van der Waals surface area contributed by atoms with E-state index in [1.54, 1.807) is 0 Å². The molecule has 2 N–H and O–H groups in total. The largest absolute Gasteiger partial charge is 0.283 e. The summed E-state index contributed by atoms with van der Waals surface area (Å²) in [6.45, 7) is 5.52. The first-order valence-electron chi connectivity index (χ1n) is 3.52. The zero-order valence-electron chi connectivity index (χ0n) is 7.72. The van der Waals surface area contributed by atoms with Gasteiger partial charge in [0, 0.05) is 5.41 Å². The van der Waals surface area contributed by atoms with Gasteiger partial charge in [-0.25, -0.2) is 0 Å². The minimum absolute atomic E-state index is 0.0705. The van der Waals surface area contributed by atoms with Crippen LogP contribution in [0.1, 0.15) is 20.8 Å². The molecule has 0 aliphatic rings. The number of thioether (sulfide) groups is 1. The van der Waals surface area contributed by atoms with Crippen molar-refractivity contribution in [2.75, 3.05) is 6.26 Å². The van der Waals surface area contributed by atoms with Gasteiger partial charge >= 0.3 is 0 Å². The molecule has 3 nitrogen and oxygen atoms in total. The highest BCUT2D eigenvalue weighted by Gasteiger charge is 2.20. The first kappa shape index (κ1) is 11.7. The van der Waals surface area contributed by atoms with Gasteiger partial charge in [-0.3, -0.25) is 15.6 Å². The van der Waals surface area contributed by atoms with E-state index in [9.17, 15) is 4.79 Å². The van der Waals surface area contributed by atoms with Crippen molar-refractivity contribution in [3.8, 4) is 0 Å². The van der Waals surface area contributed by atoms with Crippen molar-refractivity contribution in [2.45, 2.75) is 20.8 Å². The third-order valence-electron chi connectivity index (χ3n) is 1.14. The van der Waals surface area contributed by atoms with Crippen LogP contribution in [-0.2, 0) is 4.79 Å². The molecule has 12 heavy (non-hydrogen) atoms. The molecule has 0 aliphatic heterocycles. The van der Waals surface area contributed by atoms with Crippen molar-refractivity contribution >= 4 is 34.2 Å². The van der Waals surface area contributed by atoms with Gasteiger partial charge in [-0.05, 0) is 6.26 Å². The van der Waals surface area contributed by atoms with Crippen molar-refractivity contribution in [3.05, 3.63) is 0 Å². The standard InChI is InChI=1S/C7H14N2OS2/c1-7(2,3)5(10)8-9-6(11)12-4/h1-4H3,(H,8,10)(H,9,11). The molecule has 5 heteroatoms. The molecule has 0 aliphatic carbocycles. The molecule has 0 radical (unpaired) electrons. The predicted molar refractivity (Wildman–Crippen MR) is 56.8 cm³/mol. The van der Waals surface area contributed by atoms with Crippen LogP contribution in [0.4, 0.5) is 0 Å². The average Bonchev–Trinajstić information content (AvgIpc) is 1.97.